The van der Waals surface area contributed by atoms with Crippen LogP contribution in [0.2, 0.25) is 0 Å². The van der Waals surface area contributed by atoms with Crippen LogP contribution in [-0.2, 0) is 4.79 Å². The van der Waals surface area contributed by atoms with Crippen LogP contribution in [0.1, 0.15) is 12.5 Å². The number of carbonyl (C=O) groups is 1. The van der Waals surface area contributed by atoms with Crippen LogP contribution in [-0.4, -0.2) is 19.1 Å². The van der Waals surface area contributed by atoms with Crippen LogP contribution in [0.4, 0.5) is 11.4 Å². The number of hydrogen-bond donors (Lipinski definition) is 2. The molecule has 0 bridgehead atoms. The van der Waals surface area contributed by atoms with E-state index in [-0.39, 0.29) is 12.5 Å². The van der Waals surface area contributed by atoms with Crippen molar-refractivity contribution in [2.45, 2.75) is 13.8 Å². The second-order valence-electron chi connectivity index (χ2n) is 4.70. The summed E-state index contributed by atoms with van der Waals surface area (Å²) in [5.74, 6) is 0.592. The number of nitrogens with one attached hydrogen (secondary N) is 2. The third-order valence-corrected chi connectivity index (χ3v) is 2.94. The fourth-order valence-corrected chi connectivity index (χ4v) is 1.94. The van der Waals surface area contributed by atoms with Crippen LogP contribution in [0.15, 0.2) is 48.5 Å². The zero-order valence-electron chi connectivity index (χ0n) is 12.3. The summed E-state index contributed by atoms with van der Waals surface area (Å²) in [6.45, 7) is 4.69. The molecule has 0 aromatic heterocycles. The molecule has 0 radical (unpaired) electrons. The summed E-state index contributed by atoms with van der Waals surface area (Å²) in [5, 5.41) is 5.94. The predicted octanol–water partition coefficient (Wildman–Crippen LogP) is 3.44. The van der Waals surface area contributed by atoms with Crippen LogP contribution in [0.5, 0.6) is 5.75 Å². The fraction of sp³-hybridized carbons (Fsp3) is 0.235. The average molecular weight is 284 g/mol. The van der Waals surface area contributed by atoms with E-state index in [1.807, 2.05) is 62.4 Å². The number of benzene rings is 2. The van der Waals surface area contributed by atoms with Crippen LogP contribution in [0, 0.1) is 6.92 Å². The number of hydrogen-bond acceptors (Lipinski definition) is 3. The Bertz CT molecular complexity index is 597. The molecule has 0 aliphatic carbocycles. The van der Waals surface area contributed by atoms with E-state index in [0.717, 1.165) is 11.3 Å². The first-order valence-corrected chi connectivity index (χ1v) is 7.01. The quantitative estimate of drug-likeness (QED) is 0.854. The molecule has 2 aromatic carbocycles. The third kappa shape index (κ3) is 4.53. The van der Waals surface area contributed by atoms with Crippen molar-refractivity contribution in [1.82, 2.24) is 0 Å². The van der Waals surface area contributed by atoms with Gasteiger partial charge in [-0.05, 0) is 43.7 Å². The van der Waals surface area contributed by atoms with Gasteiger partial charge < -0.3 is 15.4 Å². The molecule has 110 valence electrons. The lowest BCUT2D eigenvalue weighted by Gasteiger charge is -2.13. The van der Waals surface area contributed by atoms with Crippen LogP contribution >= 0.6 is 0 Å². The molecule has 2 N–H and O–H groups in total. The largest absolute Gasteiger partial charge is 0.492 e. The highest BCUT2D eigenvalue weighted by Crippen LogP contribution is 2.25. The molecule has 0 atom stereocenters. The molecule has 4 nitrogen and oxygen atoms in total. The zero-order valence-corrected chi connectivity index (χ0v) is 12.3. The Balaban J connectivity index is 1.96. The fourth-order valence-electron chi connectivity index (χ4n) is 1.94. The summed E-state index contributed by atoms with van der Waals surface area (Å²) in [6.07, 6.45) is 0. The van der Waals surface area contributed by atoms with E-state index in [9.17, 15) is 4.79 Å². The summed E-state index contributed by atoms with van der Waals surface area (Å²) < 4.78 is 5.55. The second-order valence-corrected chi connectivity index (χ2v) is 4.70. The second kappa shape index (κ2) is 7.33. The topological polar surface area (TPSA) is 50.4 Å². The molecule has 0 saturated heterocycles. The Hall–Kier alpha value is -2.49. The molecular weight excluding hydrogens is 264 g/mol. The minimum absolute atomic E-state index is 0.108. The molecule has 0 aliphatic heterocycles. The molecular formula is C17H20N2O2. The summed E-state index contributed by atoms with van der Waals surface area (Å²) in [4.78, 5) is 12.0. The lowest BCUT2D eigenvalue weighted by atomic mass is 10.2. The Kier molecular flexibility index (Phi) is 5.21. The summed E-state index contributed by atoms with van der Waals surface area (Å²) in [5.41, 5.74) is 2.71. The molecule has 21 heavy (non-hydrogen) atoms. The van der Waals surface area contributed by atoms with E-state index >= 15 is 0 Å². The van der Waals surface area contributed by atoms with Crippen LogP contribution in [0.25, 0.3) is 0 Å². The minimum atomic E-state index is -0.108. The Morgan fingerprint density at radius 1 is 1.14 bits per heavy atom. The first-order valence-electron chi connectivity index (χ1n) is 7.01. The van der Waals surface area contributed by atoms with Gasteiger partial charge in [-0.3, -0.25) is 4.79 Å². The van der Waals surface area contributed by atoms with Gasteiger partial charge in [0, 0.05) is 5.69 Å². The number of amides is 1. The molecule has 1 amide bonds. The number of carbonyl (C=O) groups excluding carboxylic acids is 1. The molecule has 2 aromatic rings. The zero-order chi connectivity index (χ0) is 15.1. The smallest absolute Gasteiger partial charge is 0.243 e. The molecule has 0 aliphatic rings. The van der Waals surface area contributed by atoms with Gasteiger partial charge >= 0.3 is 0 Å². The molecule has 0 spiro atoms. The van der Waals surface area contributed by atoms with Crippen LogP contribution < -0.4 is 15.4 Å². The molecule has 0 saturated carbocycles. The maximum absolute atomic E-state index is 12.0. The van der Waals surface area contributed by atoms with Crippen molar-refractivity contribution in [3.05, 3.63) is 54.1 Å². The van der Waals surface area contributed by atoms with Crippen LogP contribution in [0.3, 0.4) is 0 Å². The van der Waals surface area contributed by atoms with Gasteiger partial charge in [0.05, 0.1) is 18.8 Å². The lowest BCUT2D eigenvalue weighted by molar-refractivity contribution is -0.114. The van der Waals surface area contributed by atoms with Gasteiger partial charge in [0.15, 0.2) is 0 Å². The molecule has 2 rings (SSSR count). The normalized spacial score (nSPS) is 10.0. The monoisotopic (exact) mass is 284 g/mol. The van der Waals surface area contributed by atoms with Gasteiger partial charge in [0.25, 0.3) is 0 Å². The number of ether oxygens (including phenoxy) is 1. The molecule has 4 heteroatoms. The summed E-state index contributed by atoms with van der Waals surface area (Å²) >= 11 is 0. The van der Waals surface area contributed by atoms with Gasteiger partial charge in [-0.25, -0.2) is 0 Å². The minimum Gasteiger partial charge on any atom is -0.492 e. The first-order chi connectivity index (χ1) is 10.2. The molecule has 0 heterocycles. The van der Waals surface area contributed by atoms with Crippen molar-refractivity contribution in [3.8, 4) is 5.75 Å². The van der Waals surface area contributed by atoms with Gasteiger partial charge in [0.2, 0.25) is 5.91 Å². The van der Waals surface area contributed by atoms with Gasteiger partial charge in [0.1, 0.15) is 5.75 Å². The van der Waals surface area contributed by atoms with Crippen molar-refractivity contribution >= 4 is 17.3 Å². The van der Waals surface area contributed by atoms with Gasteiger partial charge in [-0.2, -0.15) is 0 Å². The van der Waals surface area contributed by atoms with Crippen molar-refractivity contribution in [3.63, 3.8) is 0 Å². The van der Waals surface area contributed by atoms with Gasteiger partial charge in [-0.1, -0.05) is 24.3 Å². The predicted molar refractivity (Wildman–Crippen MR) is 85.9 cm³/mol. The van der Waals surface area contributed by atoms with Crippen molar-refractivity contribution in [2.75, 3.05) is 23.8 Å². The standard InChI is InChI=1S/C17H20N2O2/c1-3-21-16-11-13(2)9-10-15(16)19-17(20)12-18-14-7-5-4-6-8-14/h4-11,18H,3,12H2,1-2H3,(H,19,20). The number of rotatable bonds is 6. The van der Waals surface area contributed by atoms with E-state index in [4.69, 9.17) is 4.74 Å². The number of para-hydroxylation sites is 1. The highest BCUT2D eigenvalue weighted by atomic mass is 16.5. The first kappa shape index (κ1) is 14.9. The SMILES string of the molecule is CCOc1cc(C)ccc1NC(=O)CNc1ccccc1. The van der Waals surface area contributed by atoms with Crippen molar-refractivity contribution in [1.29, 1.82) is 0 Å². The van der Waals surface area contributed by atoms with Crippen molar-refractivity contribution in [2.24, 2.45) is 0 Å². The van der Waals surface area contributed by atoms with Gasteiger partial charge in [-0.15, -0.1) is 0 Å². The average Bonchev–Trinajstić information content (AvgIpc) is 2.49. The maximum atomic E-state index is 12.0. The van der Waals surface area contributed by atoms with E-state index in [1.165, 1.54) is 0 Å². The van der Waals surface area contributed by atoms with E-state index in [2.05, 4.69) is 10.6 Å². The summed E-state index contributed by atoms with van der Waals surface area (Å²) in [6, 6.07) is 15.4. The van der Waals surface area contributed by atoms with E-state index in [1.54, 1.807) is 0 Å². The summed E-state index contributed by atoms with van der Waals surface area (Å²) in [7, 11) is 0. The maximum Gasteiger partial charge on any atom is 0.243 e. The van der Waals surface area contributed by atoms with E-state index in [0.29, 0.717) is 18.0 Å². The van der Waals surface area contributed by atoms with E-state index < -0.39 is 0 Å². The third-order valence-electron chi connectivity index (χ3n) is 2.94. The Morgan fingerprint density at radius 3 is 2.62 bits per heavy atom. The van der Waals surface area contributed by atoms with Crippen molar-refractivity contribution < 1.29 is 9.53 Å². The number of anilines is 2. The molecule has 0 unspecified atom stereocenters. The Morgan fingerprint density at radius 2 is 1.90 bits per heavy atom. The lowest BCUT2D eigenvalue weighted by Crippen LogP contribution is -2.22. The Labute approximate surface area is 125 Å². The highest BCUT2D eigenvalue weighted by molar-refractivity contribution is 5.95. The molecule has 0 fully saturated rings. The number of aryl methyl sites for hydroxylation is 1. The highest BCUT2D eigenvalue weighted by Gasteiger charge is 2.08.